The minimum absolute atomic E-state index is 0.0228. The number of benzene rings is 3. The number of imide groups is 1. The summed E-state index contributed by atoms with van der Waals surface area (Å²) >= 11 is 11.7. The molecule has 0 aliphatic carbocycles. The van der Waals surface area contributed by atoms with Crippen LogP contribution in [0.2, 0.25) is 5.02 Å². The maximum Gasteiger partial charge on any atom is 0.417 e. The summed E-state index contributed by atoms with van der Waals surface area (Å²) in [6.45, 7) is 6.22. The van der Waals surface area contributed by atoms with Crippen LogP contribution in [0.3, 0.4) is 0 Å². The molecule has 0 radical (unpaired) electrons. The van der Waals surface area contributed by atoms with Crippen LogP contribution in [-0.2, 0) is 28.7 Å². The number of urea groups is 1. The first kappa shape index (κ1) is 44.6. The Morgan fingerprint density at radius 3 is 2.23 bits per heavy atom. The number of nitro groups is 1. The number of methoxy groups -OCH3 is 3. The van der Waals surface area contributed by atoms with Crippen molar-refractivity contribution in [3.63, 3.8) is 0 Å². The first-order valence-corrected chi connectivity index (χ1v) is 18.6. The number of esters is 1. The van der Waals surface area contributed by atoms with Crippen molar-refractivity contribution in [2.24, 2.45) is 5.92 Å². The molecule has 1 saturated heterocycles. The molecule has 13 nitrogen and oxygen atoms in total. The number of hydrogen-bond donors (Lipinski definition) is 1. The van der Waals surface area contributed by atoms with Crippen molar-refractivity contribution in [3.8, 4) is 17.2 Å². The largest absolute Gasteiger partial charge is 0.496 e. The van der Waals surface area contributed by atoms with Gasteiger partial charge in [0.1, 0.15) is 28.4 Å². The highest BCUT2D eigenvalue weighted by Crippen LogP contribution is 2.38. The molecule has 0 aromatic heterocycles. The molecule has 308 valence electrons. The molecule has 0 spiro atoms. The average molecular weight is 837 g/mol. The second-order valence-corrected chi connectivity index (χ2v) is 15.1. The van der Waals surface area contributed by atoms with Gasteiger partial charge < -0.3 is 29.2 Å². The maximum absolute atomic E-state index is 14.4. The van der Waals surface area contributed by atoms with E-state index in [1.807, 2.05) is 6.92 Å². The third-order valence-electron chi connectivity index (χ3n) is 9.05. The Labute approximate surface area is 338 Å². The molecule has 1 N–H and O–H groups in total. The van der Waals surface area contributed by atoms with Gasteiger partial charge in [-0.25, -0.2) is 9.59 Å². The predicted octanol–water partition coefficient (Wildman–Crippen LogP) is 8.33. The highest BCUT2D eigenvalue weighted by Gasteiger charge is 2.39. The SMILES string of the molecule is CCC[C@@H](NC(=O)N1CC(=S)N(Cc2c(OC)cc(OC)cc2OC)C[C@@H](Cc2ccc(Cl)c(C(F)(F)F)c2)C1=O)c1ccc(C(=O)OC(C)(C)C)c([N+](=O)[O-])c1. The Kier molecular flexibility index (Phi) is 14.4. The van der Waals surface area contributed by atoms with Gasteiger partial charge in [0.25, 0.3) is 5.69 Å². The molecule has 2 atom stereocenters. The first-order chi connectivity index (χ1) is 26.7. The van der Waals surface area contributed by atoms with E-state index in [9.17, 15) is 37.7 Å². The fourth-order valence-corrected chi connectivity index (χ4v) is 6.83. The molecule has 0 saturated carbocycles. The van der Waals surface area contributed by atoms with Crippen molar-refractivity contribution in [1.82, 2.24) is 15.1 Å². The zero-order valence-corrected chi connectivity index (χ0v) is 34.0. The van der Waals surface area contributed by atoms with Crippen LogP contribution in [0.1, 0.15) is 79.2 Å². The van der Waals surface area contributed by atoms with Gasteiger partial charge in [-0.15, -0.1) is 0 Å². The van der Waals surface area contributed by atoms with Crippen LogP contribution >= 0.6 is 23.8 Å². The van der Waals surface area contributed by atoms with Gasteiger partial charge in [-0.1, -0.05) is 49.3 Å². The van der Waals surface area contributed by atoms with Crippen LogP contribution in [0.4, 0.5) is 23.7 Å². The van der Waals surface area contributed by atoms with E-state index >= 15 is 0 Å². The molecule has 4 rings (SSSR count). The van der Waals surface area contributed by atoms with Crippen LogP contribution in [0, 0.1) is 16.0 Å². The number of nitrogens with one attached hydrogen (secondary N) is 1. The Balaban J connectivity index is 1.74. The Bertz CT molecular complexity index is 2000. The summed E-state index contributed by atoms with van der Waals surface area (Å²) in [6, 6.07) is 8.73. The lowest BCUT2D eigenvalue weighted by molar-refractivity contribution is -0.385. The average Bonchev–Trinajstić information content (AvgIpc) is 3.25. The van der Waals surface area contributed by atoms with Crippen molar-refractivity contribution in [1.29, 1.82) is 0 Å². The van der Waals surface area contributed by atoms with Gasteiger partial charge in [-0.05, 0) is 62.9 Å². The highest BCUT2D eigenvalue weighted by atomic mass is 35.5. The summed E-state index contributed by atoms with van der Waals surface area (Å²) in [5.74, 6) is -1.54. The number of hydrogen-bond acceptors (Lipinski definition) is 10. The van der Waals surface area contributed by atoms with Crippen molar-refractivity contribution in [2.75, 3.05) is 34.4 Å². The number of carbonyl (C=O) groups excluding carboxylic acids is 3. The van der Waals surface area contributed by atoms with Crippen molar-refractivity contribution in [2.45, 2.75) is 71.3 Å². The lowest BCUT2D eigenvalue weighted by Crippen LogP contribution is -2.48. The number of amides is 3. The number of nitro benzene ring substituents is 1. The summed E-state index contributed by atoms with van der Waals surface area (Å²) in [6.07, 6.45) is -4.22. The van der Waals surface area contributed by atoms with E-state index in [2.05, 4.69) is 5.32 Å². The Morgan fingerprint density at radius 1 is 1.04 bits per heavy atom. The normalized spacial score (nSPS) is 15.5. The van der Waals surface area contributed by atoms with Crippen molar-refractivity contribution >= 4 is 52.4 Å². The molecule has 18 heteroatoms. The number of halogens is 4. The lowest BCUT2D eigenvalue weighted by Gasteiger charge is -2.27. The molecule has 3 amide bonds. The summed E-state index contributed by atoms with van der Waals surface area (Å²) in [5, 5.41) is 14.4. The number of rotatable bonds is 13. The van der Waals surface area contributed by atoms with E-state index < -0.39 is 62.8 Å². The minimum atomic E-state index is -4.77. The van der Waals surface area contributed by atoms with Gasteiger partial charge in [0.15, 0.2) is 0 Å². The van der Waals surface area contributed by atoms with Gasteiger partial charge in [0.05, 0.1) is 72.4 Å². The zero-order chi connectivity index (χ0) is 42.4. The zero-order valence-electron chi connectivity index (χ0n) is 32.5. The third kappa shape index (κ3) is 11.0. The minimum Gasteiger partial charge on any atom is -0.496 e. The smallest absolute Gasteiger partial charge is 0.417 e. The molecular weight excluding hydrogens is 793 g/mol. The molecule has 1 heterocycles. The van der Waals surface area contributed by atoms with E-state index in [0.717, 1.165) is 17.0 Å². The number of nitrogens with zero attached hydrogens (tertiary/aromatic N) is 3. The van der Waals surface area contributed by atoms with Gasteiger partial charge in [0.2, 0.25) is 5.91 Å². The summed E-state index contributed by atoms with van der Waals surface area (Å²) in [5.41, 5.74) is -1.87. The molecule has 1 aliphatic heterocycles. The molecule has 0 bridgehead atoms. The number of alkyl halides is 3. The van der Waals surface area contributed by atoms with Crippen molar-refractivity contribution in [3.05, 3.63) is 91.5 Å². The molecule has 1 aliphatic rings. The molecule has 3 aromatic rings. The van der Waals surface area contributed by atoms with Crippen LogP contribution in [-0.4, -0.2) is 77.6 Å². The summed E-state index contributed by atoms with van der Waals surface area (Å²) < 4.78 is 63.5. The fourth-order valence-electron chi connectivity index (χ4n) is 6.34. The van der Waals surface area contributed by atoms with Gasteiger partial charge in [-0.2, -0.15) is 13.2 Å². The second kappa shape index (κ2) is 18.4. The number of thiocarbonyl (C=S) groups is 1. The molecule has 3 aromatic carbocycles. The molecule has 1 fully saturated rings. The Morgan fingerprint density at radius 2 is 1.68 bits per heavy atom. The van der Waals surface area contributed by atoms with E-state index in [4.69, 9.17) is 42.8 Å². The molecule has 0 unspecified atom stereocenters. The van der Waals surface area contributed by atoms with Crippen LogP contribution in [0.25, 0.3) is 0 Å². The topological polar surface area (TPSA) is 150 Å². The third-order valence-corrected chi connectivity index (χ3v) is 9.76. The molecular formula is C39H44ClF3N4O9S. The number of ether oxygens (including phenoxy) is 4. The quantitative estimate of drug-likeness (QED) is 0.0767. The maximum atomic E-state index is 14.4. The van der Waals surface area contributed by atoms with Gasteiger partial charge in [-0.3, -0.25) is 19.8 Å². The predicted molar refractivity (Wildman–Crippen MR) is 209 cm³/mol. The first-order valence-electron chi connectivity index (χ1n) is 17.8. The monoisotopic (exact) mass is 836 g/mol. The van der Waals surface area contributed by atoms with Gasteiger partial charge >= 0.3 is 18.2 Å². The van der Waals surface area contributed by atoms with E-state index in [0.29, 0.717) is 29.2 Å². The van der Waals surface area contributed by atoms with Crippen LogP contribution in [0.15, 0.2) is 48.5 Å². The van der Waals surface area contributed by atoms with E-state index in [1.54, 1.807) is 37.8 Å². The Hall–Kier alpha value is -5.16. The molecule has 57 heavy (non-hydrogen) atoms. The van der Waals surface area contributed by atoms with Gasteiger partial charge in [0, 0.05) is 24.7 Å². The van der Waals surface area contributed by atoms with E-state index in [1.165, 1.54) is 45.6 Å². The summed E-state index contributed by atoms with van der Waals surface area (Å²) in [7, 11) is 4.37. The van der Waals surface area contributed by atoms with E-state index in [-0.39, 0.29) is 54.2 Å². The summed E-state index contributed by atoms with van der Waals surface area (Å²) in [4.78, 5) is 55.5. The number of carbonyl (C=O) groups is 3. The van der Waals surface area contributed by atoms with Crippen molar-refractivity contribution < 1.29 is 51.4 Å². The second-order valence-electron chi connectivity index (χ2n) is 14.2. The van der Waals surface area contributed by atoms with Crippen LogP contribution in [0.5, 0.6) is 17.2 Å². The highest BCUT2D eigenvalue weighted by molar-refractivity contribution is 7.80. The lowest BCUT2D eigenvalue weighted by atomic mass is 9.96. The standard InChI is InChI=1S/C39H44ClF3N4O9S/c1-8-9-30(23-11-12-26(31(16-23)47(51)52)36(49)56-38(2,3)4)44-37(50)46-21-34(57)45(20-27-32(54-6)17-25(53-5)18-33(27)55-7)19-24(35(46)48)14-22-10-13-29(40)28(15-22)39(41,42)43/h10-13,15-18,24,30H,8-9,14,19-21H2,1-7H3,(H,44,50)/t24-,30-/m1/s1. The fraction of sp³-hybridized carbons (Fsp3) is 0.436. The van der Waals surface area contributed by atoms with Crippen LogP contribution < -0.4 is 19.5 Å².